The van der Waals surface area contributed by atoms with E-state index in [1.807, 2.05) is 0 Å². The predicted octanol–water partition coefficient (Wildman–Crippen LogP) is 2.09. The molecule has 5 heteroatoms. The second-order valence-corrected chi connectivity index (χ2v) is 4.29. The van der Waals surface area contributed by atoms with E-state index in [1.54, 1.807) is 18.2 Å². The molecule has 5 nitrogen and oxygen atoms in total. The van der Waals surface area contributed by atoms with Crippen LogP contribution in [0.3, 0.4) is 0 Å². The Balaban J connectivity index is 1.62. The molecule has 0 aromatic heterocycles. The van der Waals surface area contributed by atoms with Gasteiger partial charge in [0.2, 0.25) is 6.79 Å². The van der Waals surface area contributed by atoms with E-state index in [9.17, 15) is 4.79 Å². The van der Waals surface area contributed by atoms with Gasteiger partial charge in [-0.2, -0.15) is 0 Å². The maximum absolute atomic E-state index is 11.6. The van der Waals surface area contributed by atoms with Crippen molar-refractivity contribution in [1.29, 1.82) is 0 Å². The van der Waals surface area contributed by atoms with Gasteiger partial charge in [-0.1, -0.05) is 0 Å². The monoisotopic (exact) mass is 234 g/mol. The maximum Gasteiger partial charge on any atom is 0.319 e. The summed E-state index contributed by atoms with van der Waals surface area (Å²) >= 11 is 0. The first-order chi connectivity index (χ1) is 8.31. The summed E-state index contributed by atoms with van der Waals surface area (Å²) in [5, 5.41) is 5.70. The topological polar surface area (TPSA) is 59.6 Å². The van der Waals surface area contributed by atoms with E-state index in [1.165, 1.54) is 6.42 Å². The molecule has 1 aliphatic heterocycles. The Labute approximate surface area is 99.1 Å². The van der Waals surface area contributed by atoms with Gasteiger partial charge in [0.1, 0.15) is 0 Å². The van der Waals surface area contributed by atoms with Crippen molar-refractivity contribution in [2.75, 3.05) is 12.1 Å². The van der Waals surface area contributed by atoms with Crippen molar-refractivity contribution >= 4 is 11.7 Å². The highest BCUT2D eigenvalue weighted by Crippen LogP contribution is 2.34. The summed E-state index contributed by atoms with van der Waals surface area (Å²) in [5.41, 5.74) is 0.714. The van der Waals surface area contributed by atoms with Crippen LogP contribution in [0.5, 0.6) is 11.5 Å². The molecule has 1 fully saturated rings. The lowest BCUT2D eigenvalue weighted by Crippen LogP contribution is -2.41. The minimum absolute atomic E-state index is 0.159. The summed E-state index contributed by atoms with van der Waals surface area (Å²) in [4.78, 5) is 11.6. The molecule has 1 saturated carbocycles. The molecule has 0 bridgehead atoms. The van der Waals surface area contributed by atoms with Crippen molar-refractivity contribution in [3.05, 3.63) is 18.2 Å². The highest BCUT2D eigenvalue weighted by atomic mass is 16.7. The Bertz CT molecular complexity index is 443. The number of rotatable bonds is 2. The quantitative estimate of drug-likeness (QED) is 0.823. The van der Waals surface area contributed by atoms with Crippen LogP contribution in [0.2, 0.25) is 0 Å². The number of anilines is 1. The Hall–Kier alpha value is -1.91. The summed E-state index contributed by atoms with van der Waals surface area (Å²) in [6.45, 7) is 0.243. The lowest BCUT2D eigenvalue weighted by atomic mass is 9.93. The van der Waals surface area contributed by atoms with Crippen LogP contribution < -0.4 is 20.1 Å². The Kier molecular flexibility index (Phi) is 2.51. The highest BCUT2D eigenvalue weighted by molar-refractivity contribution is 5.89. The lowest BCUT2D eigenvalue weighted by molar-refractivity contribution is 0.174. The van der Waals surface area contributed by atoms with Gasteiger partial charge >= 0.3 is 6.03 Å². The number of nitrogens with one attached hydrogen (secondary N) is 2. The molecule has 0 radical (unpaired) electrons. The second-order valence-electron chi connectivity index (χ2n) is 4.29. The van der Waals surface area contributed by atoms with Crippen LogP contribution in [0.4, 0.5) is 10.5 Å². The number of ether oxygens (including phenoxy) is 2. The van der Waals surface area contributed by atoms with Gasteiger partial charge in [-0.25, -0.2) is 4.79 Å². The molecule has 17 heavy (non-hydrogen) atoms. The SMILES string of the molecule is O=C(Nc1ccc2c(c1)OCO2)NC1CCC1. The summed E-state index contributed by atoms with van der Waals surface area (Å²) in [6, 6.07) is 5.54. The summed E-state index contributed by atoms with van der Waals surface area (Å²) in [7, 11) is 0. The fourth-order valence-corrected chi connectivity index (χ4v) is 1.88. The largest absolute Gasteiger partial charge is 0.454 e. The van der Waals surface area contributed by atoms with Gasteiger partial charge in [0.05, 0.1) is 0 Å². The van der Waals surface area contributed by atoms with Gasteiger partial charge in [0, 0.05) is 17.8 Å². The molecule has 2 amide bonds. The third-order valence-corrected chi connectivity index (χ3v) is 3.07. The third kappa shape index (κ3) is 2.13. The summed E-state index contributed by atoms with van der Waals surface area (Å²) in [5.74, 6) is 1.39. The first-order valence-corrected chi connectivity index (χ1v) is 5.78. The van der Waals surface area contributed by atoms with E-state index >= 15 is 0 Å². The smallest absolute Gasteiger partial charge is 0.319 e. The zero-order chi connectivity index (χ0) is 11.7. The fourth-order valence-electron chi connectivity index (χ4n) is 1.88. The van der Waals surface area contributed by atoms with Crippen LogP contribution in [-0.4, -0.2) is 18.9 Å². The standard InChI is InChI=1S/C12H14N2O3/c15-12(13-8-2-1-3-8)14-9-4-5-10-11(6-9)17-7-16-10/h4-6,8H,1-3,7H2,(H2,13,14,15). The maximum atomic E-state index is 11.6. The third-order valence-electron chi connectivity index (χ3n) is 3.07. The van der Waals surface area contributed by atoms with Crippen molar-refractivity contribution in [2.24, 2.45) is 0 Å². The average Bonchev–Trinajstić information content (AvgIpc) is 2.71. The molecule has 1 aromatic rings. The highest BCUT2D eigenvalue weighted by Gasteiger charge is 2.20. The van der Waals surface area contributed by atoms with E-state index in [-0.39, 0.29) is 12.8 Å². The molecule has 3 rings (SSSR count). The molecule has 1 heterocycles. The fraction of sp³-hybridized carbons (Fsp3) is 0.417. The van der Waals surface area contributed by atoms with Gasteiger partial charge < -0.3 is 20.1 Å². The number of urea groups is 1. The summed E-state index contributed by atoms with van der Waals surface area (Å²) in [6.07, 6.45) is 3.36. The number of hydrogen-bond acceptors (Lipinski definition) is 3. The molecule has 0 saturated heterocycles. The lowest BCUT2D eigenvalue weighted by Gasteiger charge is -2.26. The molecule has 90 valence electrons. The molecule has 2 aliphatic rings. The van der Waals surface area contributed by atoms with E-state index in [4.69, 9.17) is 9.47 Å². The van der Waals surface area contributed by atoms with E-state index in [2.05, 4.69) is 10.6 Å². The van der Waals surface area contributed by atoms with Crippen molar-refractivity contribution < 1.29 is 14.3 Å². The minimum atomic E-state index is -0.159. The molecular weight excluding hydrogens is 220 g/mol. The van der Waals surface area contributed by atoms with Crippen molar-refractivity contribution in [3.63, 3.8) is 0 Å². The zero-order valence-corrected chi connectivity index (χ0v) is 9.36. The number of fused-ring (bicyclic) bond motifs is 1. The number of carbonyl (C=O) groups excluding carboxylic acids is 1. The number of carbonyl (C=O) groups is 1. The predicted molar refractivity (Wildman–Crippen MR) is 62.4 cm³/mol. The average molecular weight is 234 g/mol. The minimum Gasteiger partial charge on any atom is -0.454 e. The van der Waals surface area contributed by atoms with Crippen LogP contribution in [0.1, 0.15) is 19.3 Å². The van der Waals surface area contributed by atoms with Crippen LogP contribution in [0.25, 0.3) is 0 Å². The van der Waals surface area contributed by atoms with Crippen LogP contribution in [0.15, 0.2) is 18.2 Å². The molecule has 0 unspecified atom stereocenters. The Morgan fingerprint density at radius 2 is 2.06 bits per heavy atom. The van der Waals surface area contributed by atoms with Crippen molar-refractivity contribution in [2.45, 2.75) is 25.3 Å². The number of benzene rings is 1. The van der Waals surface area contributed by atoms with Gasteiger partial charge in [-0.15, -0.1) is 0 Å². The van der Waals surface area contributed by atoms with Crippen LogP contribution in [0, 0.1) is 0 Å². The Morgan fingerprint density at radius 1 is 1.24 bits per heavy atom. The molecule has 1 aromatic carbocycles. The second kappa shape index (κ2) is 4.16. The molecule has 0 spiro atoms. The first kappa shape index (κ1) is 10.3. The van der Waals surface area contributed by atoms with Gasteiger partial charge in [-0.05, 0) is 31.4 Å². The van der Waals surface area contributed by atoms with Crippen molar-refractivity contribution in [3.8, 4) is 11.5 Å². The first-order valence-electron chi connectivity index (χ1n) is 5.78. The molecular formula is C12H14N2O3. The van der Waals surface area contributed by atoms with Crippen LogP contribution >= 0.6 is 0 Å². The van der Waals surface area contributed by atoms with E-state index in [0.717, 1.165) is 18.6 Å². The molecule has 2 N–H and O–H groups in total. The van der Waals surface area contributed by atoms with Gasteiger partial charge in [-0.3, -0.25) is 0 Å². The number of amides is 2. The van der Waals surface area contributed by atoms with Crippen LogP contribution in [-0.2, 0) is 0 Å². The normalized spacial score (nSPS) is 17.4. The van der Waals surface area contributed by atoms with E-state index < -0.39 is 0 Å². The van der Waals surface area contributed by atoms with Gasteiger partial charge in [0.15, 0.2) is 11.5 Å². The number of hydrogen-bond donors (Lipinski definition) is 2. The molecule has 0 atom stereocenters. The molecule has 1 aliphatic carbocycles. The van der Waals surface area contributed by atoms with E-state index in [0.29, 0.717) is 17.5 Å². The van der Waals surface area contributed by atoms with Crippen molar-refractivity contribution in [1.82, 2.24) is 5.32 Å². The summed E-state index contributed by atoms with van der Waals surface area (Å²) < 4.78 is 10.4. The Morgan fingerprint density at radius 3 is 2.82 bits per heavy atom. The van der Waals surface area contributed by atoms with Gasteiger partial charge in [0.25, 0.3) is 0 Å². The zero-order valence-electron chi connectivity index (χ0n) is 9.36.